The summed E-state index contributed by atoms with van der Waals surface area (Å²) >= 11 is 1.25. The predicted octanol–water partition coefficient (Wildman–Crippen LogP) is 3.52. The number of amides is 1. The van der Waals surface area contributed by atoms with E-state index in [4.69, 9.17) is 4.74 Å². The van der Waals surface area contributed by atoms with Crippen molar-refractivity contribution in [1.29, 1.82) is 0 Å². The van der Waals surface area contributed by atoms with Gasteiger partial charge in [0.15, 0.2) is 5.13 Å². The fourth-order valence-electron chi connectivity index (χ4n) is 3.43. The number of hydrogen-bond donors (Lipinski definition) is 1. The maximum atomic E-state index is 13.0. The number of carbonyl (C=O) groups is 1. The summed E-state index contributed by atoms with van der Waals surface area (Å²) in [6.07, 6.45) is 0. The second-order valence-electron chi connectivity index (χ2n) is 8.54. The van der Waals surface area contributed by atoms with E-state index >= 15 is 0 Å². The standard InChI is InChI=1S/C23H28N4O4S2/c1-16(2)15-31-18-6-4-17(5-7-18)22(28)25-23-24-20-9-8-19(14-21(20)32-23)33(29,30)27-12-10-26(3)11-13-27/h4-9,14,16H,10-13,15H2,1-3H3,(H,24,25,28). The fraction of sp³-hybridized carbons (Fsp3) is 0.391. The van der Waals surface area contributed by atoms with Crippen molar-refractivity contribution in [2.24, 2.45) is 5.92 Å². The van der Waals surface area contributed by atoms with E-state index in [0.717, 1.165) is 0 Å². The number of carbonyl (C=O) groups excluding carboxylic acids is 1. The van der Waals surface area contributed by atoms with Gasteiger partial charge in [0.2, 0.25) is 10.0 Å². The first-order chi connectivity index (χ1) is 15.7. The van der Waals surface area contributed by atoms with Gasteiger partial charge < -0.3 is 9.64 Å². The molecule has 1 fully saturated rings. The molecule has 0 atom stereocenters. The van der Waals surface area contributed by atoms with Crippen LogP contribution in [-0.4, -0.2) is 68.3 Å². The maximum absolute atomic E-state index is 13.0. The van der Waals surface area contributed by atoms with Crippen LogP contribution in [0, 0.1) is 5.92 Å². The van der Waals surface area contributed by atoms with Gasteiger partial charge in [-0.2, -0.15) is 4.31 Å². The highest BCUT2D eigenvalue weighted by Gasteiger charge is 2.28. The van der Waals surface area contributed by atoms with Gasteiger partial charge in [-0.05, 0) is 55.4 Å². The molecule has 3 aromatic rings. The summed E-state index contributed by atoms with van der Waals surface area (Å²) in [6, 6.07) is 11.9. The molecule has 1 amide bonds. The lowest BCUT2D eigenvalue weighted by Crippen LogP contribution is -2.46. The molecule has 176 valence electrons. The number of anilines is 1. The van der Waals surface area contributed by atoms with E-state index < -0.39 is 10.0 Å². The van der Waals surface area contributed by atoms with Crippen molar-refractivity contribution in [3.05, 3.63) is 48.0 Å². The fourth-order valence-corrected chi connectivity index (χ4v) is 5.85. The van der Waals surface area contributed by atoms with Crippen LogP contribution in [-0.2, 0) is 10.0 Å². The van der Waals surface area contributed by atoms with E-state index in [1.165, 1.54) is 15.6 Å². The summed E-state index contributed by atoms with van der Waals surface area (Å²) in [5.74, 6) is 0.855. The number of fused-ring (bicyclic) bond motifs is 1. The molecule has 1 saturated heterocycles. The normalized spacial score (nSPS) is 15.8. The van der Waals surface area contributed by atoms with E-state index in [0.29, 0.717) is 65.4 Å². The van der Waals surface area contributed by atoms with Crippen LogP contribution < -0.4 is 10.1 Å². The van der Waals surface area contributed by atoms with Gasteiger partial charge in [-0.3, -0.25) is 10.1 Å². The molecule has 10 heteroatoms. The van der Waals surface area contributed by atoms with Crippen molar-refractivity contribution in [2.45, 2.75) is 18.7 Å². The molecule has 2 aromatic carbocycles. The average molecular weight is 489 g/mol. The number of piperazine rings is 1. The molecule has 1 aliphatic rings. The second kappa shape index (κ2) is 9.76. The monoisotopic (exact) mass is 488 g/mol. The summed E-state index contributed by atoms with van der Waals surface area (Å²) in [7, 11) is -1.58. The lowest BCUT2D eigenvalue weighted by atomic mass is 10.2. The van der Waals surface area contributed by atoms with Gasteiger partial charge in [0.1, 0.15) is 5.75 Å². The number of rotatable bonds is 7. The van der Waals surface area contributed by atoms with Crippen LogP contribution in [0.1, 0.15) is 24.2 Å². The zero-order chi connectivity index (χ0) is 23.6. The minimum atomic E-state index is -3.56. The second-order valence-corrected chi connectivity index (χ2v) is 11.5. The summed E-state index contributed by atoms with van der Waals surface area (Å²) in [5, 5.41) is 3.23. The molecule has 4 rings (SSSR count). The summed E-state index contributed by atoms with van der Waals surface area (Å²) in [6.45, 7) is 7.13. The molecular formula is C23H28N4O4S2. The Kier molecular flexibility index (Phi) is 6.99. The number of nitrogens with one attached hydrogen (secondary N) is 1. The first-order valence-corrected chi connectivity index (χ1v) is 13.1. The van der Waals surface area contributed by atoms with Gasteiger partial charge in [-0.25, -0.2) is 13.4 Å². The lowest BCUT2D eigenvalue weighted by molar-refractivity contribution is 0.102. The summed E-state index contributed by atoms with van der Waals surface area (Å²) in [5.41, 5.74) is 1.13. The first kappa shape index (κ1) is 23.6. The van der Waals surface area contributed by atoms with E-state index in [2.05, 4.69) is 29.0 Å². The minimum Gasteiger partial charge on any atom is -0.493 e. The van der Waals surface area contributed by atoms with Crippen LogP contribution in [0.3, 0.4) is 0 Å². The largest absolute Gasteiger partial charge is 0.493 e. The number of likely N-dealkylation sites (N-methyl/N-ethyl adjacent to an activating group) is 1. The average Bonchev–Trinajstić information content (AvgIpc) is 3.19. The van der Waals surface area contributed by atoms with Gasteiger partial charge >= 0.3 is 0 Å². The zero-order valence-corrected chi connectivity index (χ0v) is 20.6. The topological polar surface area (TPSA) is 91.8 Å². The number of aromatic nitrogens is 1. The van der Waals surface area contributed by atoms with Gasteiger partial charge in [-0.1, -0.05) is 25.2 Å². The molecule has 8 nitrogen and oxygen atoms in total. The van der Waals surface area contributed by atoms with Crippen molar-refractivity contribution < 1.29 is 17.9 Å². The van der Waals surface area contributed by atoms with Crippen molar-refractivity contribution in [1.82, 2.24) is 14.2 Å². The summed E-state index contributed by atoms with van der Waals surface area (Å²) < 4.78 is 33.9. The van der Waals surface area contributed by atoms with Crippen LogP contribution in [0.25, 0.3) is 10.2 Å². The van der Waals surface area contributed by atoms with Crippen LogP contribution >= 0.6 is 11.3 Å². The number of benzene rings is 2. The Morgan fingerprint density at radius 1 is 1.12 bits per heavy atom. The molecule has 1 aromatic heterocycles. The van der Waals surface area contributed by atoms with Crippen LogP contribution in [0.2, 0.25) is 0 Å². The molecule has 0 radical (unpaired) electrons. The van der Waals surface area contributed by atoms with Gasteiger partial charge in [0.25, 0.3) is 5.91 Å². The smallest absolute Gasteiger partial charge is 0.257 e. The molecule has 0 unspecified atom stereocenters. The molecule has 2 heterocycles. The molecule has 0 bridgehead atoms. The molecule has 1 N–H and O–H groups in total. The van der Waals surface area contributed by atoms with Crippen LogP contribution in [0.15, 0.2) is 47.4 Å². The number of hydrogen-bond acceptors (Lipinski definition) is 7. The highest BCUT2D eigenvalue weighted by molar-refractivity contribution is 7.89. The zero-order valence-electron chi connectivity index (χ0n) is 18.9. The van der Waals surface area contributed by atoms with Crippen LogP contribution in [0.4, 0.5) is 5.13 Å². The third-order valence-corrected chi connectivity index (χ3v) is 8.21. The Balaban J connectivity index is 1.47. The molecule has 0 spiro atoms. The first-order valence-electron chi connectivity index (χ1n) is 10.9. The van der Waals surface area contributed by atoms with Gasteiger partial charge in [0, 0.05) is 31.7 Å². The minimum absolute atomic E-state index is 0.248. The van der Waals surface area contributed by atoms with Crippen molar-refractivity contribution in [3.8, 4) is 5.75 Å². The Hall–Kier alpha value is -2.53. The Morgan fingerprint density at radius 2 is 1.82 bits per heavy atom. The molecule has 33 heavy (non-hydrogen) atoms. The molecule has 0 saturated carbocycles. The van der Waals surface area contributed by atoms with Crippen molar-refractivity contribution in [2.75, 3.05) is 45.2 Å². The van der Waals surface area contributed by atoms with E-state index in [1.54, 1.807) is 42.5 Å². The quantitative estimate of drug-likeness (QED) is 0.547. The van der Waals surface area contributed by atoms with E-state index in [1.807, 2.05) is 7.05 Å². The predicted molar refractivity (Wildman–Crippen MR) is 131 cm³/mol. The van der Waals surface area contributed by atoms with E-state index in [9.17, 15) is 13.2 Å². The van der Waals surface area contributed by atoms with Crippen molar-refractivity contribution in [3.63, 3.8) is 0 Å². The van der Waals surface area contributed by atoms with Gasteiger partial charge in [-0.15, -0.1) is 0 Å². The highest BCUT2D eigenvalue weighted by atomic mass is 32.2. The molecule has 1 aliphatic heterocycles. The number of thiazole rings is 1. The number of sulfonamides is 1. The summed E-state index contributed by atoms with van der Waals surface area (Å²) in [4.78, 5) is 19.4. The third kappa shape index (κ3) is 5.52. The van der Waals surface area contributed by atoms with Gasteiger partial charge in [0.05, 0.1) is 21.7 Å². The van der Waals surface area contributed by atoms with Crippen LogP contribution in [0.5, 0.6) is 5.75 Å². The van der Waals surface area contributed by atoms with Crippen molar-refractivity contribution >= 4 is 42.6 Å². The third-order valence-electron chi connectivity index (χ3n) is 5.38. The number of ether oxygens (including phenoxy) is 1. The Morgan fingerprint density at radius 3 is 2.48 bits per heavy atom. The molecule has 0 aliphatic carbocycles. The maximum Gasteiger partial charge on any atom is 0.257 e. The highest BCUT2D eigenvalue weighted by Crippen LogP contribution is 2.30. The Labute approximate surface area is 198 Å². The molecular weight excluding hydrogens is 460 g/mol. The lowest BCUT2D eigenvalue weighted by Gasteiger charge is -2.31. The Bertz CT molecular complexity index is 1230. The van der Waals surface area contributed by atoms with E-state index in [-0.39, 0.29) is 10.8 Å². The number of nitrogens with zero attached hydrogens (tertiary/aromatic N) is 3. The SMILES string of the molecule is CC(C)COc1ccc(C(=O)Nc2nc3ccc(S(=O)(=O)N4CCN(C)CC4)cc3s2)cc1.